The molecule has 0 aromatic heterocycles. The lowest BCUT2D eigenvalue weighted by atomic mass is 10.1. The molecule has 3 rings (SSSR count). The van der Waals surface area contributed by atoms with Crippen LogP contribution < -0.4 is 5.32 Å². The van der Waals surface area contributed by atoms with Crippen LogP contribution in [0.1, 0.15) is 36.2 Å². The number of nitrogens with one attached hydrogen (secondary N) is 1. The fraction of sp³-hybridized carbons (Fsp3) is 0.250. The van der Waals surface area contributed by atoms with Crippen molar-refractivity contribution in [2.45, 2.75) is 38.8 Å². The van der Waals surface area contributed by atoms with Gasteiger partial charge in [-0.15, -0.1) is 0 Å². The van der Waals surface area contributed by atoms with Crippen LogP contribution in [0.2, 0.25) is 0 Å². The predicted octanol–water partition coefficient (Wildman–Crippen LogP) is 4.52. The normalized spacial score (nSPS) is 12.9. The fourth-order valence-electron chi connectivity index (χ4n) is 3.06. The second-order valence-electron chi connectivity index (χ2n) is 7.04. The van der Waals surface area contributed by atoms with Gasteiger partial charge >= 0.3 is 5.97 Å². The Labute approximate surface area is 165 Å². The molecule has 0 spiro atoms. The Morgan fingerprint density at radius 3 is 2.32 bits per heavy atom. The van der Waals surface area contributed by atoms with Crippen LogP contribution in [0.25, 0.3) is 10.8 Å². The fourth-order valence-corrected chi connectivity index (χ4v) is 3.06. The number of hydrogen-bond donors (Lipinski definition) is 1. The zero-order valence-corrected chi connectivity index (χ0v) is 16.2. The molecule has 0 fully saturated rings. The van der Waals surface area contributed by atoms with E-state index in [0.29, 0.717) is 5.56 Å². The highest BCUT2D eigenvalue weighted by Gasteiger charge is 2.20. The minimum atomic E-state index is -0.849. The van der Waals surface area contributed by atoms with Gasteiger partial charge in [0.05, 0.1) is 5.56 Å². The van der Waals surface area contributed by atoms with Gasteiger partial charge in [0.2, 0.25) is 0 Å². The van der Waals surface area contributed by atoms with Crippen molar-refractivity contribution < 1.29 is 14.3 Å². The van der Waals surface area contributed by atoms with Crippen molar-refractivity contribution in [3.8, 4) is 0 Å². The van der Waals surface area contributed by atoms with Gasteiger partial charge < -0.3 is 10.1 Å². The van der Waals surface area contributed by atoms with Gasteiger partial charge in [0.15, 0.2) is 6.10 Å². The monoisotopic (exact) mass is 375 g/mol. The van der Waals surface area contributed by atoms with E-state index in [0.717, 1.165) is 23.6 Å². The van der Waals surface area contributed by atoms with Crippen LogP contribution in [0.15, 0.2) is 72.8 Å². The molecule has 3 aromatic carbocycles. The zero-order valence-electron chi connectivity index (χ0n) is 16.2. The number of esters is 1. The predicted molar refractivity (Wildman–Crippen MR) is 111 cm³/mol. The first-order valence-electron chi connectivity index (χ1n) is 9.57. The van der Waals surface area contributed by atoms with Gasteiger partial charge in [-0.1, -0.05) is 60.7 Å². The standard InChI is InChI=1S/C24H25NO3/c1-17(12-13-19-8-4-3-5-9-19)25-23(26)18(2)28-24(27)22-15-14-20-10-6-7-11-21(20)16-22/h3-11,14-18H,12-13H2,1-2H3,(H,25,26)/t17-,18+/m1/s1. The molecule has 0 heterocycles. The van der Waals surface area contributed by atoms with Crippen molar-refractivity contribution in [2.75, 3.05) is 0 Å². The molecule has 4 heteroatoms. The van der Waals surface area contributed by atoms with Gasteiger partial charge in [-0.25, -0.2) is 4.79 Å². The molecule has 3 aromatic rings. The Hall–Kier alpha value is -3.14. The van der Waals surface area contributed by atoms with E-state index in [4.69, 9.17) is 4.74 Å². The summed E-state index contributed by atoms with van der Waals surface area (Å²) in [7, 11) is 0. The molecule has 28 heavy (non-hydrogen) atoms. The van der Waals surface area contributed by atoms with Crippen LogP contribution in [-0.2, 0) is 16.0 Å². The van der Waals surface area contributed by atoms with Gasteiger partial charge in [-0.3, -0.25) is 4.79 Å². The average Bonchev–Trinajstić information content (AvgIpc) is 2.72. The summed E-state index contributed by atoms with van der Waals surface area (Å²) < 4.78 is 5.36. The Bertz CT molecular complexity index is 952. The summed E-state index contributed by atoms with van der Waals surface area (Å²) in [5.41, 5.74) is 1.68. The Morgan fingerprint density at radius 1 is 0.893 bits per heavy atom. The highest BCUT2D eigenvalue weighted by Crippen LogP contribution is 2.16. The van der Waals surface area contributed by atoms with Crippen molar-refractivity contribution in [3.63, 3.8) is 0 Å². The number of carbonyl (C=O) groups is 2. The molecular formula is C24H25NO3. The summed E-state index contributed by atoms with van der Waals surface area (Å²) >= 11 is 0. The molecule has 0 saturated carbocycles. The van der Waals surface area contributed by atoms with Crippen molar-refractivity contribution in [1.29, 1.82) is 0 Å². The Morgan fingerprint density at radius 2 is 1.57 bits per heavy atom. The van der Waals surface area contributed by atoms with E-state index in [9.17, 15) is 9.59 Å². The van der Waals surface area contributed by atoms with Gasteiger partial charge in [0, 0.05) is 6.04 Å². The topological polar surface area (TPSA) is 55.4 Å². The molecule has 0 radical (unpaired) electrons. The molecule has 1 N–H and O–H groups in total. The smallest absolute Gasteiger partial charge is 0.338 e. The maximum absolute atomic E-state index is 12.4. The minimum absolute atomic E-state index is 0.00507. The van der Waals surface area contributed by atoms with Gasteiger partial charge in [-0.2, -0.15) is 0 Å². The molecule has 0 bridgehead atoms. The summed E-state index contributed by atoms with van der Waals surface area (Å²) in [6, 6.07) is 23.3. The SMILES string of the molecule is C[C@H](CCc1ccccc1)NC(=O)[C@H](C)OC(=O)c1ccc2ccccc2c1. The average molecular weight is 375 g/mol. The zero-order chi connectivity index (χ0) is 19.9. The van der Waals surface area contributed by atoms with E-state index >= 15 is 0 Å². The van der Waals surface area contributed by atoms with Gasteiger partial charge in [0.25, 0.3) is 5.91 Å². The molecule has 0 saturated heterocycles. The number of rotatable bonds is 7. The van der Waals surface area contributed by atoms with Crippen molar-refractivity contribution in [1.82, 2.24) is 5.32 Å². The van der Waals surface area contributed by atoms with E-state index < -0.39 is 12.1 Å². The quantitative estimate of drug-likeness (QED) is 0.618. The summed E-state index contributed by atoms with van der Waals surface area (Å²) in [5.74, 6) is -0.778. The number of fused-ring (bicyclic) bond motifs is 1. The number of carbonyl (C=O) groups excluding carboxylic acids is 2. The Kier molecular flexibility index (Phi) is 6.43. The third-order valence-electron chi connectivity index (χ3n) is 4.74. The van der Waals surface area contributed by atoms with E-state index in [1.165, 1.54) is 5.56 Å². The molecule has 0 aliphatic rings. The van der Waals surface area contributed by atoms with Crippen LogP contribution in [0.5, 0.6) is 0 Å². The van der Waals surface area contributed by atoms with Crippen LogP contribution >= 0.6 is 0 Å². The lowest BCUT2D eigenvalue weighted by Crippen LogP contribution is -2.41. The molecule has 1 amide bonds. The molecule has 4 nitrogen and oxygen atoms in total. The lowest BCUT2D eigenvalue weighted by Gasteiger charge is -2.18. The second kappa shape index (κ2) is 9.18. The van der Waals surface area contributed by atoms with Crippen molar-refractivity contribution >= 4 is 22.6 Å². The van der Waals surface area contributed by atoms with Crippen molar-refractivity contribution in [3.05, 3.63) is 83.9 Å². The third kappa shape index (κ3) is 5.19. The molecule has 2 atom stereocenters. The molecule has 0 unspecified atom stereocenters. The van der Waals surface area contributed by atoms with Crippen LogP contribution in [-0.4, -0.2) is 24.0 Å². The maximum atomic E-state index is 12.4. The highest BCUT2D eigenvalue weighted by atomic mass is 16.5. The molecule has 144 valence electrons. The first kappa shape index (κ1) is 19.6. The lowest BCUT2D eigenvalue weighted by molar-refractivity contribution is -0.129. The first-order valence-corrected chi connectivity index (χ1v) is 9.57. The maximum Gasteiger partial charge on any atom is 0.338 e. The van der Waals surface area contributed by atoms with Crippen LogP contribution in [0, 0.1) is 0 Å². The summed E-state index contributed by atoms with van der Waals surface area (Å²) in [4.78, 5) is 24.8. The summed E-state index contributed by atoms with van der Waals surface area (Å²) in [6.07, 6.45) is 0.854. The second-order valence-corrected chi connectivity index (χ2v) is 7.04. The van der Waals surface area contributed by atoms with Crippen LogP contribution in [0.3, 0.4) is 0 Å². The van der Waals surface area contributed by atoms with E-state index in [2.05, 4.69) is 17.4 Å². The van der Waals surface area contributed by atoms with Gasteiger partial charge in [0.1, 0.15) is 0 Å². The molecule has 0 aliphatic heterocycles. The number of benzene rings is 3. The highest BCUT2D eigenvalue weighted by molar-refractivity contribution is 5.96. The minimum Gasteiger partial charge on any atom is -0.449 e. The largest absolute Gasteiger partial charge is 0.449 e. The van der Waals surface area contributed by atoms with E-state index in [1.54, 1.807) is 19.1 Å². The summed E-state index contributed by atoms with van der Waals surface area (Å²) in [5, 5.41) is 4.93. The number of amides is 1. The number of aryl methyl sites for hydroxylation is 1. The van der Waals surface area contributed by atoms with Crippen molar-refractivity contribution in [2.24, 2.45) is 0 Å². The number of ether oxygens (including phenoxy) is 1. The molecular weight excluding hydrogens is 350 g/mol. The third-order valence-corrected chi connectivity index (χ3v) is 4.74. The number of hydrogen-bond acceptors (Lipinski definition) is 3. The van der Waals surface area contributed by atoms with Gasteiger partial charge in [-0.05, 0) is 55.2 Å². The Balaban J connectivity index is 1.51. The van der Waals surface area contributed by atoms with E-state index in [-0.39, 0.29) is 11.9 Å². The molecule has 0 aliphatic carbocycles. The first-order chi connectivity index (χ1) is 13.5. The summed E-state index contributed by atoms with van der Waals surface area (Å²) in [6.45, 7) is 3.55. The van der Waals surface area contributed by atoms with Crippen LogP contribution in [0.4, 0.5) is 0 Å². The van der Waals surface area contributed by atoms with E-state index in [1.807, 2.05) is 55.5 Å².